The van der Waals surface area contributed by atoms with Crippen LogP contribution in [0, 0.1) is 5.82 Å². The Morgan fingerprint density at radius 3 is 2.57 bits per heavy atom. The van der Waals surface area contributed by atoms with Crippen molar-refractivity contribution in [1.29, 1.82) is 0 Å². The van der Waals surface area contributed by atoms with Gasteiger partial charge in [-0.25, -0.2) is 9.18 Å². The summed E-state index contributed by atoms with van der Waals surface area (Å²) < 4.78 is 30.2. The molecule has 0 radical (unpaired) electrons. The van der Waals surface area contributed by atoms with Gasteiger partial charge in [-0.2, -0.15) is 0 Å². The Balaban J connectivity index is 1.67. The maximum atomic E-state index is 14.7. The Morgan fingerprint density at radius 1 is 1.17 bits per heavy atom. The normalized spacial score (nSPS) is 18.6. The van der Waals surface area contributed by atoms with E-state index in [0.717, 1.165) is 0 Å². The molecule has 1 N–H and O–H groups in total. The molecule has 2 aromatic carbocycles. The SMILES string of the molecule is COC(=O)COc1cccc(C(=O)Nc2ccc(N3CC(C)OC(C)C3)c(F)c2)c1. The number of anilines is 2. The van der Waals surface area contributed by atoms with E-state index in [1.807, 2.05) is 18.7 Å². The highest BCUT2D eigenvalue weighted by atomic mass is 19.1. The van der Waals surface area contributed by atoms with Crippen LogP contribution in [-0.4, -0.2) is 50.9 Å². The molecule has 7 nitrogen and oxygen atoms in total. The fourth-order valence-electron chi connectivity index (χ4n) is 3.35. The molecular weight excluding hydrogens is 391 g/mol. The first kappa shape index (κ1) is 21.6. The number of rotatable bonds is 6. The molecule has 1 saturated heterocycles. The number of carbonyl (C=O) groups is 2. The first-order chi connectivity index (χ1) is 14.4. The van der Waals surface area contributed by atoms with Crippen molar-refractivity contribution >= 4 is 23.3 Å². The van der Waals surface area contributed by atoms with Gasteiger partial charge in [0.1, 0.15) is 11.6 Å². The lowest BCUT2D eigenvalue weighted by Crippen LogP contribution is -2.45. The molecule has 2 atom stereocenters. The lowest BCUT2D eigenvalue weighted by atomic mass is 10.1. The lowest BCUT2D eigenvalue weighted by molar-refractivity contribution is -0.142. The number of morpholine rings is 1. The van der Waals surface area contributed by atoms with Crippen LogP contribution in [0.1, 0.15) is 24.2 Å². The molecule has 0 aliphatic carbocycles. The fourth-order valence-corrected chi connectivity index (χ4v) is 3.35. The molecule has 1 amide bonds. The van der Waals surface area contributed by atoms with Crippen LogP contribution >= 0.6 is 0 Å². The van der Waals surface area contributed by atoms with Crippen molar-refractivity contribution in [3.63, 3.8) is 0 Å². The van der Waals surface area contributed by atoms with Gasteiger partial charge in [0.15, 0.2) is 6.61 Å². The zero-order valence-corrected chi connectivity index (χ0v) is 17.2. The van der Waals surface area contributed by atoms with Gasteiger partial charge in [-0.1, -0.05) is 6.07 Å². The first-order valence-electron chi connectivity index (χ1n) is 9.66. The molecule has 1 fully saturated rings. The Labute approximate surface area is 174 Å². The van der Waals surface area contributed by atoms with Crippen LogP contribution in [-0.2, 0) is 14.3 Å². The molecule has 0 saturated carbocycles. The largest absolute Gasteiger partial charge is 0.482 e. The van der Waals surface area contributed by atoms with E-state index in [4.69, 9.17) is 9.47 Å². The molecular formula is C22H25FN2O5. The molecule has 30 heavy (non-hydrogen) atoms. The summed E-state index contributed by atoms with van der Waals surface area (Å²) in [6.07, 6.45) is 0.0300. The number of benzene rings is 2. The van der Waals surface area contributed by atoms with Gasteiger partial charge in [-0.15, -0.1) is 0 Å². The van der Waals surface area contributed by atoms with Crippen molar-refractivity contribution in [3.05, 3.63) is 53.8 Å². The number of hydrogen-bond donors (Lipinski definition) is 1. The Kier molecular flexibility index (Phi) is 6.89. The van der Waals surface area contributed by atoms with Crippen LogP contribution in [0.3, 0.4) is 0 Å². The first-order valence-corrected chi connectivity index (χ1v) is 9.66. The molecule has 2 unspecified atom stereocenters. The molecule has 0 spiro atoms. The summed E-state index contributed by atoms with van der Waals surface area (Å²) in [5.74, 6) is -1.00. The van der Waals surface area contributed by atoms with Crippen LogP contribution in [0.4, 0.5) is 15.8 Å². The average Bonchev–Trinajstić information content (AvgIpc) is 2.71. The second-order valence-electron chi connectivity index (χ2n) is 7.18. The molecule has 8 heteroatoms. The van der Waals surface area contributed by atoms with Crippen molar-refractivity contribution in [3.8, 4) is 5.75 Å². The molecule has 1 heterocycles. The molecule has 0 bridgehead atoms. The van der Waals surface area contributed by atoms with Crippen LogP contribution in [0.15, 0.2) is 42.5 Å². The molecule has 1 aliphatic rings. The maximum absolute atomic E-state index is 14.7. The van der Waals surface area contributed by atoms with E-state index in [-0.39, 0.29) is 18.8 Å². The summed E-state index contributed by atoms with van der Waals surface area (Å²) in [5.41, 5.74) is 1.14. The Morgan fingerprint density at radius 2 is 1.90 bits per heavy atom. The van der Waals surface area contributed by atoms with Gasteiger partial charge in [-0.05, 0) is 50.2 Å². The number of carbonyl (C=O) groups excluding carboxylic acids is 2. The Hall–Kier alpha value is -3.13. The number of nitrogens with zero attached hydrogens (tertiary/aromatic N) is 1. The number of halogens is 1. The standard InChI is InChI=1S/C22H25FN2O5/c1-14-11-25(12-15(2)30-14)20-8-7-17(10-19(20)23)24-22(27)16-5-4-6-18(9-16)29-13-21(26)28-3/h4-10,14-15H,11-13H2,1-3H3,(H,24,27). The van der Waals surface area contributed by atoms with Crippen LogP contribution < -0.4 is 15.0 Å². The van der Waals surface area contributed by atoms with Gasteiger partial charge in [-0.3, -0.25) is 4.79 Å². The second kappa shape index (κ2) is 9.58. The zero-order chi connectivity index (χ0) is 21.7. The van der Waals surface area contributed by atoms with E-state index >= 15 is 0 Å². The average molecular weight is 416 g/mol. The van der Waals surface area contributed by atoms with Gasteiger partial charge in [0.05, 0.1) is 25.0 Å². The third-order valence-electron chi connectivity index (χ3n) is 4.65. The van der Waals surface area contributed by atoms with Crippen molar-refractivity contribution < 1.29 is 28.2 Å². The zero-order valence-electron chi connectivity index (χ0n) is 17.2. The summed E-state index contributed by atoms with van der Waals surface area (Å²) in [5, 5.41) is 2.68. The van der Waals surface area contributed by atoms with Crippen molar-refractivity contribution in [2.75, 3.05) is 37.0 Å². The second-order valence-corrected chi connectivity index (χ2v) is 7.18. The highest BCUT2D eigenvalue weighted by Crippen LogP contribution is 2.26. The van der Waals surface area contributed by atoms with E-state index < -0.39 is 17.7 Å². The number of methoxy groups -OCH3 is 1. The van der Waals surface area contributed by atoms with Crippen molar-refractivity contribution in [2.24, 2.45) is 0 Å². The predicted octanol–water partition coefficient (Wildman–Crippen LogP) is 3.24. The summed E-state index contributed by atoms with van der Waals surface area (Å²) in [6.45, 7) is 4.86. The van der Waals surface area contributed by atoms with Gasteiger partial charge >= 0.3 is 5.97 Å². The number of amides is 1. The molecule has 2 aromatic rings. The minimum Gasteiger partial charge on any atom is -0.482 e. The van der Waals surface area contributed by atoms with Crippen molar-refractivity contribution in [2.45, 2.75) is 26.1 Å². The summed E-state index contributed by atoms with van der Waals surface area (Å²) in [4.78, 5) is 25.7. The molecule has 3 rings (SSSR count). The number of ether oxygens (including phenoxy) is 3. The van der Waals surface area contributed by atoms with E-state index in [0.29, 0.717) is 35.8 Å². The van der Waals surface area contributed by atoms with Crippen LogP contribution in [0.2, 0.25) is 0 Å². The predicted molar refractivity (Wildman–Crippen MR) is 111 cm³/mol. The molecule has 1 aliphatic heterocycles. The number of esters is 1. The topological polar surface area (TPSA) is 77.1 Å². The van der Waals surface area contributed by atoms with Crippen molar-refractivity contribution in [1.82, 2.24) is 0 Å². The van der Waals surface area contributed by atoms with Crippen LogP contribution in [0.25, 0.3) is 0 Å². The van der Waals surface area contributed by atoms with E-state index in [2.05, 4.69) is 10.1 Å². The summed E-state index contributed by atoms with van der Waals surface area (Å²) in [6, 6.07) is 11.0. The monoisotopic (exact) mass is 416 g/mol. The lowest BCUT2D eigenvalue weighted by Gasteiger charge is -2.37. The smallest absolute Gasteiger partial charge is 0.343 e. The molecule has 0 aromatic heterocycles. The van der Waals surface area contributed by atoms with Gasteiger partial charge < -0.3 is 24.4 Å². The fraction of sp³-hybridized carbons (Fsp3) is 0.364. The van der Waals surface area contributed by atoms with Gasteiger partial charge in [0, 0.05) is 24.3 Å². The highest BCUT2D eigenvalue weighted by Gasteiger charge is 2.24. The number of hydrogen-bond acceptors (Lipinski definition) is 6. The van der Waals surface area contributed by atoms with E-state index in [1.54, 1.807) is 30.3 Å². The molecule has 160 valence electrons. The third kappa shape index (κ3) is 5.48. The van der Waals surface area contributed by atoms with Gasteiger partial charge in [0.25, 0.3) is 5.91 Å². The Bertz CT molecular complexity index is 910. The summed E-state index contributed by atoms with van der Waals surface area (Å²) in [7, 11) is 1.26. The quantitative estimate of drug-likeness (QED) is 0.729. The highest BCUT2D eigenvalue weighted by molar-refractivity contribution is 6.04. The van der Waals surface area contributed by atoms with Crippen LogP contribution in [0.5, 0.6) is 5.75 Å². The minimum atomic E-state index is -0.524. The summed E-state index contributed by atoms with van der Waals surface area (Å²) >= 11 is 0. The third-order valence-corrected chi connectivity index (χ3v) is 4.65. The number of nitrogens with one attached hydrogen (secondary N) is 1. The van der Waals surface area contributed by atoms with E-state index in [9.17, 15) is 14.0 Å². The van der Waals surface area contributed by atoms with E-state index in [1.165, 1.54) is 19.2 Å². The maximum Gasteiger partial charge on any atom is 0.343 e. The minimum absolute atomic E-state index is 0.0150. The van der Waals surface area contributed by atoms with Gasteiger partial charge in [0.2, 0.25) is 0 Å².